The lowest BCUT2D eigenvalue weighted by Gasteiger charge is -2.22. The molecule has 0 amide bonds. The third-order valence-electron chi connectivity index (χ3n) is 5.58. The second kappa shape index (κ2) is 9.78. The lowest BCUT2D eigenvalue weighted by Crippen LogP contribution is -2.16. The number of ketones is 1. The Labute approximate surface area is 181 Å². The second-order valence-corrected chi connectivity index (χ2v) is 10.1. The van der Waals surface area contributed by atoms with Crippen molar-refractivity contribution in [2.75, 3.05) is 0 Å². The second-order valence-electron chi connectivity index (χ2n) is 7.55. The first kappa shape index (κ1) is 21.2. The monoisotopic (exact) mass is 442 g/mol. The SMILES string of the molecule is CC(=O)c1ccc(CCC[C@@H]2[C@@H](CCc3cc(Cl)cc(Cl)c3)CC[C@H]2Cl)s1. The Bertz CT molecular complexity index is 765. The number of carbonyl (C=O) groups excluding carboxylic acids is 1. The molecule has 5 heteroatoms. The van der Waals surface area contributed by atoms with Gasteiger partial charge in [0.1, 0.15) is 0 Å². The third kappa shape index (κ3) is 5.97. The van der Waals surface area contributed by atoms with Crippen LogP contribution in [-0.2, 0) is 12.8 Å². The number of alkyl halides is 1. The molecule has 3 atom stereocenters. The first-order chi connectivity index (χ1) is 12.9. The predicted molar refractivity (Wildman–Crippen MR) is 118 cm³/mol. The molecule has 0 aliphatic heterocycles. The van der Waals surface area contributed by atoms with E-state index in [1.54, 1.807) is 24.3 Å². The number of rotatable bonds is 8. The van der Waals surface area contributed by atoms with Gasteiger partial charge in [-0.25, -0.2) is 0 Å². The molecule has 0 unspecified atom stereocenters. The van der Waals surface area contributed by atoms with Crippen molar-refractivity contribution in [3.8, 4) is 0 Å². The van der Waals surface area contributed by atoms with Crippen molar-refractivity contribution in [3.05, 3.63) is 55.7 Å². The molecule has 27 heavy (non-hydrogen) atoms. The average molecular weight is 444 g/mol. The molecule has 1 aromatic carbocycles. The maximum Gasteiger partial charge on any atom is 0.169 e. The van der Waals surface area contributed by atoms with Crippen LogP contribution in [0.5, 0.6) is 0 Å². The summed E-state index contributed by atoms with van der Waals surface area (Å²) in [6.45, 7) is 1.63. The van der Waals surface area contributed by atoms with Gasteiger partial charge in [0.05, 0.1) is 4.88 Å². The Hall–Kier alpha value is -0.540. The number of thiophene rings is 1. The average Bonchev–Trinajstić information content (AvgIpc) is 3.20. The zero-order chi connectivity index (χ0) is 19.4. The molecule has 1 aromatic heterocycles. The van der Waals surface area contributed by atoms with E-state index in [1.165, 1.54) is 16.9 Å². The fourth-order valence-corrected chi connectivity index (χ4v) is 6.17. The smallest absolute Gasteiger partial charge is 0.169 e. The molecular weight excluding hydrogens is 419 g/mol. The van der Waals surface area contributed by atoms with Crippen LogP contribution < -0.4 is 0 Å². The van der Waals surface area contributed by atoms with Crippen LogP contribution in [0, 0.1) is 11.8 Å². The topological polar surface area (TPSA) is 17.1 Å². The summed E-state index contributed by atoms with van der Waals surface area (Å²) in [5.41, 5.74) is 1.21. The summed E-state index contributed by atoms with van der Waals surface area (Å²) < 4.78 is 0. The summed E-state index contributed by atoms with van der Waals surface area (Å²) in [6.07, 6.45) is 7.78. The summed E-state index contributed by atoms with van der Waals surface area (Å²) >= 11 is 20.5. The molecule has 0 spiro atoms. The molecule has 1 aliphatic rings. The Balaban J connectivity index is 1.51. The van der Waals surface area contributed by atoms with Gasteiger partial charge in [-0.05, 0) is 99.6 Å². The van der Waals surface area contributed by atoms with Crippen LogP contribution in [0.4, 0.5) is 0 Å². The first-order valence-electron chi connectivity index (χ1n) is 9.61. The van der Waals surface area contributed by atoms with E-state index >= 15 is 0 Å². The molecule has 1 nitrogen and oxygen atoms in total. The van der Waals surface area contributed by atoms with E-state index < -0.39 is 0 Å². The van der Waals surface area contributed by atoms with Gasteiger partial charge in [0, 0.05) is 20.3 Å². The van der Waals surface area contributed by atoms with Crippen molar-refractivity contribution >= 4 is 51.9 Å². The Kier molecular flexibility index (Phi) is 7.67. The molecule has 1 heterocycles. The molecule has 1 aliphatic carbocycles. The molecule has 146 valence electrons. The standard InChI is InChI=1S/C22H25Cl3OS/c1-14(26)22-10-8-19(27-22)3-2-4-20-16(7-9-21(20)25)6-5-15-11-17(23)13-18(24)12-15/h8,10-13,16,20-21H,2-7,9H2,1H3/t16-,20+,21+/m0/s1. The maximum absolute atomic E-state index is 11.4. The summed E-state index contributed by atoms with van der Waals surface area (Å²) in [7, 11) is 0. The number of carbonyl (C=O) groups is 1. The minimum atomic E-state index is 0.157. The van der Waals surface area contributed by atoms with Crippen molar-refractivity contribution in [1.29, 1.82) is 0 Å². The van der Waals surface area contributed by atoms with Crippen LogP contribution in [0.1, 0.15) is 59.1 Å². The molecule has 0 N–H and O–H groups in total. The summed E-state index contributed by atoms with van der Waals surface area (Å²) in [4.78, 5) is 13.6. The molecular formula is C22H25Cl3OS. The highest BCUT2D eigenvalue weighted by Gasteiger charge is 2.33. The lowest BCUT2D eigenvalue weighted by molar-refractivity contribution is 0.102. The van der Waals surface area contributed by atoms with Crippen LogP contribution in [0.3, 0.4) is 0 Å². The summed E-state index contributed by atoms with van der Waals surface area (Å²) in [5.74, 6) is 1.40. The summed E-state index contributed by atoms with van der Waals surface area (Å²) in [6, 6.07) is 9.84. The highest BCUT2D eigenvalue weighted by Crippen LogP contribution is 2.41. The highest BCUT2D eigenvalue weighted by atomic mass is 35.5. The van der Waals surface area contributed by atoms with Crippen LogP contribution in [-0.4, -0.2) is 11.2 Å². The largest absolute Gasteiger partial charge is 0.294 e. The molecule has 1 saturated carbocycles. The van der Waals surface area contributed by atoms with Gasteiger partial charge < -0.3 is 0 Å². The van der Waals surface area contributed by atoms with Gasteiger partial charge >= 0.3 is 0 Å². The maximum atomic E-state index is 11.4. The highest BCUT2D eigenvalue weighted by molar-refractivity contribution is 7.14. The molecule has 3 rings (SSSR count). The van der Waals surface area contributed by atoms with E-state index in [1.807, 2.05) is 18.2 Å². The fraction of sp³-hybridized carbons (Fsp3) is 0.500. The minimum absolute atomic E-state index is 0.157. The van der Waals surface area contributed by atoms with E-state index in [9.17, 15) is 4.79 Å². The van der Waals surface area contributed by atoms with Crippen molar-refractivity contribution in [2.24, 2.45) is 11.8 Å². The van der Waals surface area contributed by atoms with Crippen LogP contribution in [0.2, 0.25) is 10.0 Å². The number of aryl methyl sites for hydroxylation is 2. The van der Waals surface area contributed by atoms with Crippen molar-refractivity contribution < 1.29 is 4.79 Å². The van der Waals surface area contributed by atoms with E-state index in [2.05, 4.69) is 6.07 Å². The molecule has 0 saturated heterocycles. The molecule has 1 fully saturated rings. The van der Waals surface area contributed by atoms with Gasteiger partial charge in [-0.3, -0.25) is 4.79 Å². The number of benzene rings is 1. The number of halogens is 3. The van der Waals surface area contributed by atoms with E-state index in [0.717, 1.165) is 43.4 Å². The Morgan fingerprint density at radius 1 is 1.07 bits per heavy atom. The summed E-state index contributed by atoms with van der Waals surface area (Å²) in [5, 5.41) is 1.70. The molecule has 2 aromatic rings. The van der Waals surface area contributed by atoms with Crippen LogP contribution in [0.15, 0.2) is 30.3 Å². The number of hydrogen-bond donors (Lipinski definition) is 0. The van der Waals surface area contributed by atoms with Gasteiger partial charge in [-0.1, -0.05) is 23.2 Å². The van der Waals surface area contributed by atoms with Gasteiger partial charge in [0.15, 0.2) is 5.78 Å². The molecule has 0 bridgehead atoms. The Morgan fingerprint density at radius 2 is 1.81 bits per heavy atom. The first-order valence-corrected chi connectivity index (χ1v) is 11.6. The zero-order valence-electron chi connectivity index (χ0n) is 15.5. The van der Waals surface area contributed by atoms with E-state index in [-0.39, 0.29) is 11.2 Å². The number of hydrogen-bond acceptors (Lipinski definition) is 2. The Morgan fingerprint density at radius 3 is 2.48 bits per heavy atom. The lowest BCUT2D eigenvalue weighted by atomic mass is 9.86. The minimum Gasteiger partial charge on any atom is -0.294 e. The molecule has 0 radical (unpaired) electrons. The normalized spacial score (nSPS) is 22.3. The fourth-order valence-electron chi connectivity index (χ4n) is 4.19. The van der Waals surface area contributed by atoms with Crippen molar-refractivity contribution in [2.45, 2.75) is 57.2 Å². The van der Waals surface area contributed by atoms with Crippen LogP contribution >= 0.6 is 46.1 Å². The van der Waals surface area contributed by atoms with E-state index in [4.69, 9.17) is 34.8 Å². The van der Waals surface area contributed by atoms with Gasteiger partial charge in [-0.2, -0.15) is 0 Å². The third-order valence-corrected chi connectivity index (χ3v) is 7.80. The van der Waals surface area contributed by atoms with Crippen molar-refractivity contribution in [3.63, 3.8) is 0 Å². The predicted octanol–water partition coefficient (Wildman–Crippen LogP) is 7.85. The van der Waals surface area contributed by atoms with Crippen molar-refractivity contribution in [1.82, 2.24) is 0 Å². The van der Waals surface area contributed by atoms with E-state index in [0.29, 0.717) is 21.9 Å². The van der Waals surface area contributed by atoms with Gasteiger partial charge in [-0.15, -0.1) is 22.9 Å². The number of Topliss-reactive ketones (excluding diaryl/α,β-unsaturated/α-hetero) is 1. The van der Waals surface area contributed by atoms with Gasteiger partial charge in [0.2, 0.25) is 0 Å². The zero-order valence-corrected chi connectivity index (χ0v) is 18.6. The van der Waals surface area contributed by atoms with Gasteiger partial charge in [0.25, 0.3) is 0 Å². The quantitative estimate of drug-likeness (QED) is 0.300. The van der Waals surface area contributed by atoms with Crippen LogP contribution in [0.25, 0.3) is 0 Å².